The Morgan fingerprint density at radius 2 is 2.30 bits per heavy atom. The lowest BCUT2D eigenvalue weighted by atomic mass is 9.84. The number of piperazine rings is 1. The summed E-state index contributed by atoms with van der Waals surface area (Å²) in [5.74, 6) is 0.843. The molecule has 0 aromatic rings. The molecule has 3 aliphatic heterocycles. The highest BCUT2D eigenvalue weighted by molar-refractivity contribution is 4.94. The van der Waals surface area contributed by atoms with E-state index in [2.05, 4.69) is 24.2 Å². The topological polar surface area (TPSA) is 17.3 Å². The van der Waals surface area contributed by atoms with Crippen LogP contribution >= 0.6 is 0 Å². The second-order valence-electron chi connectivity index (χ2n) is 3.74. The fraction of sp³-hybridized carbons (Fsp3) is 1.00. The van der Waals surface area contributed by atoms with E-state index >= 15 is 0 Å². The minimum Gasteiger partial charge on any atom is -0.300 e. The van der Waals surface area contributed by atoms with Gasteiger partial charge in [-0.15, -0.1) is 0 Å². The van der Waals surface area contributed by atoms with Crippen LogP contribution in [0.1, 0.15) is 13.3 Å². The first kappa shape index (κ1) is 6.62. The molecule has 0 aromatic carbocycles. The third kappa shape index (κ3) is 0.867. The molecular weight excluding hydrogens is 124 g/mol. The van der Waals surface area contributed by atoms with E-state index in [1.165, 1.54) is 13.0 Å². The lowest BCUT2D eigenvalue weighted by Crippen LogP contribution is -2.59. The second-order valence-corrected chi connectivity index (χ2v) is 3.74. The van der Waals surface area contributed by atoms with Gasteiger partial charge < -0.3 is 4.90 Å². The molecule has 3 heterocycles. The van der Waals surface area contributed by atoms with Gasteiger partial charge >= 0.3 is 0 Å². The molecule has 3 rings (SSSR count). The molecule has 10 heavy (non-hydrogen) atoms. The quantitative estimate of drug-likeness (QED) is 0.472. The van der Waals surface area contributed by atoms with Crippen LogP contribution in [-0.2, 0) is 0 Å². The fourth-order valence-electron chi connectivity index (χ4n) is 2.10. The number of piperidine rings is 2. The molecule has 0 N–H and O–H groups in total. The maximum atomic E-state index is 4.59. The van der Waals surface area contributed by atoms with E-state index in [1.807, 2.05) is 0 Å². The predicted octanol–water partition coefficient (Wildman–Crippen LogP) is 0.313. The molecule has 3 unspecified atom stereocenters. The van der Waals surface area contributed by atoms with Crippen molar-refractivity contribution in [2.24, 2.45) is 5.92 Å². The number of likely N-dealkylation sites (N-methyl/N-ethyl adjacent to an activating group) is 1. The Labute approximate surface area is 62.6 Å². The van der Waals surface area contributed by atoms with Crippen LogP contribution in [-0.4, -0.2) is 37.1 Å². The van der Waals surface area contributed by atoms with E-state index in [0.29, 0.717) is 6.04 Å². The molecule has 3 fully saturated rings. The maximum absolute atomic E-state index is 4.59. The molecule has 1 radical (unpaired) electrons. The van der Waals surface area contributed by atoms with Gasteiger partial charge in [-0.2, -0.15) is 0 Å². The predicted molar refractivity (Wildman–Crippen MR) is 41.0 cm³/mol. The van der Waals surface area contributed by atoms with Gasteiger partial charge in [0.2, 0.25) is 0 Å². The van der Waals surface area contributed by atoms with Crippen molar-refractivity contribution in [1.29, 1.82) is 0 Å². The van der Waals surface area contributed by atoms with Crippen molar-refractivity contribution in [3.8, 4) is 0 Å². The summed E-state index contributed by atoms with van der Waals surface area (Å²) in [6.45, 7) is 4.62. The fourth-order valence-corrected chi connectivity index (χ4v) is 2.10. The van der Waals surface area contributed by atoms with Crippen LogP contribution < -0.4 is 5.32 Å². The Balaban J connectivity index is 2.09. The molecule has 2 nitrogen and oxygen atoms in total. The number of hydrogen-bond donors (Lipinski definition) is 0. The Morgan fingerprint density at radius 1 is 1.50 bits per heavy atom. The third-order valence-corrected chi connectivity index (χ3v) is 2.95. The van der Waals surface area contributed by atoms with E-state index in [1.54, 1.807) is 0 Å². The van der Waals surface area contributed by atoms with Crippen LogP contribution in [0.25, 0.3) is 0 Å². The lowest BCUT2D eigenvalue weighted by molar-refractivity contribution is 0.0588. The third-order valence-electron chi connectivity index (χ3n) is 2.95. The number of nitrogens with zero attached hydrogens (tertiary/aromatic N) is 2. The molecule has 0 spiro atoms. The van der Waals surface area contributed by atoms with Crippen molar-refractivity contribution in [2.75, 3.05) is 20.1 Å². The molecule has 2 bridgehead atoms. The van der Waals surface area contributed by atoms with E-state index in [9.17, 15) is 0 Å². The normalized spacial score (nSPS) is 48.0. The van der Waals surface area contributed by atoms with Gasteiger partial charge in [0.1, 0.15) is 0 Å². The summed E-state index contributed by atoms with van der Waals surface area (Å²) in [5, 5.41) is 4.59. The van der Waals surface area contributed by atoms with Gasteiger partial charge in [-0.05, 0) is 19.4 Å². The lowest BCUT2D eigenvalue weighted by Gasteiger charge is -2.46. The zero-order valence-corrected chi connectivity index (χ0v) is 6.75. The molecule has 0 aromatic heterocycles. The highest BCUT2D eigenvalue weighted by Crippen LogP contribution is 2.26. The zero-order chi connectivity index (χ0) is 7.14. The zero-order valence-electron chi connectivity index (χ0n) is 6.75. The summed E-state index contributed by atoms with van der Waals surface area (Å²) in [7, 11) is 2.22. The van der Waals surface area contributed by atoms with E-state index < -0.39 is 0 Å². The molecule has 3 saturated heterocycles. The van der Waals surface area contributed by atoms with Gasteiger partial charge in [-0.3, -0.25) is 0 Å². The largest absolute Gasteiger partial charge is 0.300 e. The maximum Gasteiger partial charge on any atom is 0.0400 e. The van der Waals surface area contributed by atoms with Crippen LogP contribution in [0, 0.1) is 5.92 Å². The van der Waals surface area contributed by atoms with Crippen LogP contribution in [0.4, 0.5) is 0 Å². The smallest absolute Gasteiger partial charge is 0.0400 e. The van der Waals surface area contributed by atoms with Gasteiger partial charge in [-0.25, -0.2) is 5.32 Å². The molecular formula is C8H15N2. The van der Waals surface area contributed by atoms with Gasteiger partial charge in [0, 0.05) is 25.2 Å². The average molecular weight is 139 g/mol. The van der Waals surface area contributed by atoms with E-state index in [-0.39, 0.29) is 0 Å². The summed E-state index contributed by atoms with van der Waals surface area (Å²) in [6.07, 6.45) is 1.37. The van der Waals surface area contributed by atoms with E-state index in [0.717, 1.165) is 18.5 Å². The van der Waals surface area contributed by atoms with Crippen LogP contribution in [0.15, 0.2) is 0 Å². The summed E-state index contributed by atoms with van der Waals surface area (Å²) >= 11 is 0. The number of fused-ring (bicyclic) bond motifs is 3. The Morgan fingerprint density at radius 3 is 2.60 bits per heavy atom. The Bertz CT molecular complexity index is 119. The molecule has 3 atom stereocenters. The molecule has 2 heteroatoms. The standard InChI is InChI=1S/C8H15N2/c1-6-3-7-4-9-8(6)5-10(7)2/h6-8H,3-5H2,1-2H3. The van der Waals surface area contributed by atoms with E-state index in [4.69, 9.17) is 0 Å². The van der Waals surface area contributed by atoms with Gasteiger partial charge in [0.25, 0.3) is 0 Å². The highest BCUT2D eigenvalue weighted by Gasteiger charge is 2.36. The summed E-state index contributed by atoms with van der Waals surface area (Å²) in [5.41, 5.74) is 0. The molecule has 3 aliphatic rings. The molecule has 0 saturated carbocycles. The van der Waals surface area contributed by atoms with Crippen molar-refractivity contribution in [3.05, 3.63) is 0 Å². The molecule has 57 valence electrons. The summed E-state index contributed by atoms with van der Waals surface area (Å²) < 4.78 is 0. The van der Waals surface area contributed by atoms with Crippen molar-refractivity contribution in [3.63, 3.8) is 0 Å². The van der Waals surface area contributed by atoms with Crippen molar-refractivity contribution in [2.45, 2.75) is 25.4 Å². The minimum absolute atomic E-state index is 0.648. The van der Waals surface area contributed by atoms with Crippen molar-refractivity contribution in [1.82, 2.24) is 10.2 Å². The van der Waals surface area contributed by atoms with Crippen molar-refractivity contribution < 1.29 is 0 Å². The summed E-state index contributed by atoms with van der Waals surface area (Å²) in [6, 6.07) is 1.41. The first-order valence-electron chi connectivity index (χ1n) is 4.14. The minimum atomic E-state index is 0.648. The monoisotopic (exact) mass is 139 g/mol. The molecule has 0 amide bonds. The van der Waals surface area contributed by atoms with Crippen LogP contribution in [0.5, 0.6) is 0 Å². The van der Waals surface area contributed by atoms with Crippen LogP contribution in [0.2, 0.25) is 0 Å². The molecule has 0 aliphatic carbocycles. The average Bonchev–Trinajstić information content (AvgIpc) is 1.91. The Hall–Kier alpha value is -0.0800. The number of hydrogen-bond acceptors (Lipinski definition) is 1. The summed E-state index contributed by atoms with van der Waals surface area (Å²) in [4.78, 5) is 2.46. The van der Waals surface area contributed by atoms with Crippen LogP contribution in [0.3, 0.4) is 0 Å². The van der Waals surface area contributed by atoms with Crippen molar-refractivity contribution >= 4 is 0 Å². The second kappa shape index (κ2) is 2.21. The Kier molecular flexibility index (Phi) is 1.46. The highest BCUT2D eigenvalue weighted by atomic mass is 15.2. The van der Waals surface area contributed by atoms with Gasteiger partial charge in [0.15, 0.2) is 0 Å². The first-order chi connectivity index (χ1) is 4.77. The number of rotatable bonds is 0. The van der Waals surface area contributed by atoms with Gasteiger partial charge in [0.05, 0.1) is 0 Å². The van der Waals surface area contributed by atoms with Gasteiger partial charge in [-0.1, -0.05) is 6.92 Å². The first-order valence-corrected chi connectivity index (χ1v) is 4.14. The SMILES string of the molecule is CC1CC2C[N]C1CN2C.